The van der Waals surface area contributed by atoms with Gasteiger partial charge in [0.2, 0.25) is 5.91 Å². The first-order valence-electron chi connectivity index (χ1n) is 8.08. The van der Waals surface area contributed by atoms with E-state index in [1.54, 1.807) is 0 Å². The zero-order valence-electron chi connectivity index (χ0n) is 12.8. The second-order valence-corrected chi connectivity index (χ2v) is 6.99. The highest BCUT2D eigenvalue weighted by atomic mass is 16.2. The highest BCUT2D eigenvalue weighted by Crippen LogP contribution is 2.25. The number of likely N-dealkylation sites (tertiary alicyclic amines) is 1. The van der Waals surface area contributed by atoms with Gasteiger partial charge in [0.15, 0.2) is 0 Å². The van der Waals surface area contributed by atoms with Gasteiger partial charge in [0.25, 0.3) is 0 Å². The summed E-state index contributed by atoms with van der Waals surface area (Å²) in [7, 11) is 0. The molecule has 1 amide bonds. The Kier molecular flexibility index (Phi) is 5.26. The molecular weight excluding hydrogens is 236 g/mol. The van der Waals surface area contributed by atoms with Crippen LogP contribution in [0.15, 0.2) is 0 Å². The number of rotatable bonds is 4. The fourth-order valence-corrected chi connectivity index (χ4v) is 3.59. The van der Waals surface area contributed by atoms with Gasteiger partial charge in [0.05, 0.1) is 0 Å². The van der Waals surface area contributed by atoms with Crippen LogP contribution in [-0.2, 0) is 4.79 Å². The molecule has 2 atom stereocenters. The average molecular weight is 266 g/mol. The van der Waals surface area contributed by atoms with E-state index in [-0.39, 0.29) is 5.92 Å². The first-order valence-corrected chi connectivity index (χ1v) is 8.08. The Morgan fingerprint density at radius 2 is 1.95 bits per heavy atom. The normalized spacial score (nSPS) is 29.2. The van der Waals surface area contributed by atoms with Gasteiger partial charge in [-0.3, -0.25) is 4.79 Å². The van der Waals surface area contributed by atoms with Crippen molar-refractivity contribution in [1.82, 2.24) is 10.2 Å². The number of amides is 1. The summed E-state index contributed by atoms with van der Waals surface area (Å²) in [6.45, 7) is 9.28. The van der Waals surface area contributed by atoms with Crippen molar-refractivity contribution in [2.75, 3.05) is 19.6 Å². The third kappa shape index (κ3) is 4.20. The van der Waals surface area contributed by atoms with Crippen LogP contribution in [-0.4, -0.2) is 36.5 Å². The van der Waals surface area contributed by atoms with Crippen LogP contribution in [0.25, 0.3) is 0 Å². The summed E-state index contributed by atoms with van der Waals surface area (Å²) in [5, 5.41) is 3.72. The molecule has 2 rings (SSSR count). The quantitative estimate of drug-likeness (QED) is 0.848. The van der Waals surface area contributed by atoms with Crippen molar-refractivity contribution in [1.29, 1.82) is 0 Å². The van der Waals surface area contributed by atoms with E-state index >= 15 is 0 Å². The maximum atomic E-state index is 12.1. The predicted molar refractivity (Wildman–Crippen MR) is 78.9 cm³/mol. The molecular formula is C16H30N2O. The SMILES string of the molecule is CC1CC(NCC2CCCC2)CN(C(=O)C(C)C)C1. The molecule has 3 nitrogen and oxygen atoms in total. The lowest BCUT2D eigenvalue weighted by molar-refractivity contribution is -0.136. The summed E-state index contributed by atoms with van der Waals surface area (Å²) in [5.74, 6) is 1.95. The maximum Gasteiger partial charge on any atom is 0.225 e. The van der Waals surface area contributed by atoms with Crippen molar-refractivity contribution < 1.29 is 4.79 Å². The summed E-state index contributed by atoms with van der Waals surface area (Å²) < 4.78 is 0. The minimum Gasteiger partial charge on any atom is -0.341 e. The van der Waals surface area contributed by atoms with E-state index in [9.17, 15) is 4.79 Å². The maximum absolute atomic E-state index is 12.1. The van der Waals surface area contributed by atoms with Crippen molar-refractivity contribution in [2.45, 2.75) is 58.9 Å². The lowest BCUT2D eigenvalue weighted by Gasteiger charge is -2.38. The van der Waals surface area contributed by atoms with E-state index in [1.807, 2.05) is 13.8 Å². The summed E-state index contributed by atoms with van der Waals surface area (Å²) in [4.78, 5) is 14.2. The average Bonchev–Trinajstić information content (AvgIpc) is 2.87. The van der Waals surface area contributed by atoms with E-state index in [0.29, 0.717) is 17.9 Å². The molecule has 0 aromatic heterocycles. The van der Waals surface area contributed by atoms with Gasteiger partial charge in [0.1, 0.15) is 0 Å². The van der Waals surface area contributed by atoms with Crippen LogP contribution in [0.3, 0.4) is 0 Å². The van der Waals surface area contributed by atoms with Crippen molar-refractivity contribution in [2.24, 2.45) is 17.8 Å². The van der Waals surface area contributed by atoms with Gasteiger partial charge < -0.3 is 10.2 Å². The fourth-order valence-electron chi connectivity index (χ4n) is 3.59. The molecule has 0 radical (unpaired) electrons. The molecule has 1 saturated carbocycles. The minimum atomic E-state index is 0.126. The van der Waals surface area contributed by atoms with Crippen molar-refractivity contribution in [3.8, 4) is 0 Å². The van der Waals surface area contributed by atoms with E-state index in [0.717, 1.165) is 25.6 Å². The molecule has 0 bridgehead atoms. The number of carbonyl (C=O) groups excluding carboxylic acids is 1. The zero-order chi connectivity index (χ0) is 13.8. The van der Waals surface area contributed by atoms with Gasteiger partial charge >= 0.3 is 0 Å². The predicted octanol–water partition coefficient (Wildman–Crippen LogP) is 2.66. The molecule has 3 heteroatoms. The largest absolute Gasteiger partial charge is 0.341 e. The first kappa shape index (κ1) is 14.8. The monoisotopic (exact) mass is 266 g/mol. The number of hydrogen-bond acceptors (Lipinski definition) is 2. The molecule has 1 heterocycles. The van der Waals surface area contributed by atoms with Gasteiger partial charge in [-0.05, 0) is 37.6 Å². The standard InChI is InChI=1S/C16H30N2O/c1-12(2)16(19)18-10-13(3)8-15(11-18)17-9-14-6-4-5-7-14/h12-15,17H,4-11H2,1-3H3. The number of hydrogen-bond donors (Lipinski definition) is 1. The Bertz CT molecular complexity index is 297. The second kappa shape index (κ2) is 6.74. The summed E-state index contributed by atoms with van der Waals surface area (Å²) in [5.41, 5.74) is 0. The molecule has 0 aromatic rings. The van der Waals surface area contributed by atoms with Crippen LogP contribution in [0.5, 0.6) is 0 Å². The Labute approximate surface area is 118 Å². The molecule has 110 valence electrons. The lowest BCUT2D eigenvalue weighted by Crippen LogP contribution is -2.52. The fraction of sp³-hybridized carbons (Fsp3) is 0.938. The van der Waals surface area contributed by atoms with Crippen LogP contribution in [0, 0.1) is 17.8 Å². The third-order valence-corrected chi connectivity index (χ3v) is 4.64. The van der Waals surface area contributed by atoms with Crippen LogP contribution < -0.4 is 5.32 Å². The minimum absolute atomic E-state index is 0.126. The highest BCUT2D eigenvalue weighted by molar-refractivity contribution is 5.78. The van der Waals surface area contributed by atoms with E-state index in [4.69, 9.17) is 0 Å². The molecule has 1 aliphatic carbocycles. The molecule has 2 unspecified atom stereocenters. The smallest absolute Gasteiger partial charge is 0.225 e. The van der Waals surface area contributed by atoms with E-state index in [1.165, 1.54) is 32.1 Å². The molecule has 0 aromatic carbocycles. The van der Waals surface area contributed by atoms with Gasteiger partial charge in [-0.15, -0.1) is 0 Å². The Hall–Kier alpha value is -0.570. The first-order chi connectivity index (χ1) is 9.06. The number of nitrogens with one attached hydrogen (secondary N) is 1. The molecule has 1 aliphatic heterocycles. The van der Waals surface area contributed by atoms with Crippen LogP contribution in [0.2, 0.25) is 0 Å². The second-order valence-electron chi connectivity index (χ2n) is 6.99. The van der Waals surface area contributed by atoms with Gasteiger partial charge in [-0.25, -0.2) is 0 Å². The topological polar surface area (TPSA) is 32.3 Å². The van der Waals surface area contributed by atoms with Gasteiger partial charge in [-0.2, -0.15) is 0 Å². The molecule has 1 N–H and O–H groups in total. The molecule has 2 aliphatic rings. The summed E-state index contributed by atoms with van der Waals surface area (Å²) in [6, 6.07) is 0.507. The lowest BCUT2D eigenvalue weighted by atomic mass is 9.94. The van der Waals surface area contributed by atoms with Crippen LogP contribution in [0.4, 0.5) is 0 Å². The van der Waals surface area contributed by atoms with E-state index < -0.39 is 0 Å². The van der Waals surface area contributed by atoms with Crippen LogP contribution in [0.1, 0.15) is 52.9 Å². The Balaban J connectivity index is 1.81. The summed E-state index contributed by atoms with van der Waals surface area (Å²) in [6.07, 6.45) is 6.82. The van der Waals surface area contributed by atoms with Crippen molar-refractivity contribution in [3.05, 3.63) is 0 Å². The van der Waals surface area contributed by atoms with E-state index in [2.05, 4.69) is 17.1 Å². The van der Waals surface area contributed by atoms with Crippen molar-refractivity contribution in [3.63, 3.8) is 0 Å². The van der Waals surface area contributed by atoms with Gasteiger partial charge in [0, 0.05) is 25.0 Å². The summed E-state index contributed by atoms with van der Waals surface area (Å²) >= 11 is 0. The van der Waals surface area contributed by atoms with Crippen molar-refractivity contribution >= 4 is 5.91 Å². The Morgan fingerprint density at radius 3 is 2.58 bits per heavy atom. The zero-order valence-corrected chi connectivity index (χ0v) is 12.8. The number of carbonyl (C=O) groups is 1. The molecule has 19 heavy (non-hydrogen) atoms. The van der Waals surface area contributed by atoms with Gasteiger partial charge in [-0.1, -0.05) is 33.6 Å². The molecule has 0 spiro atoms. The third-order valence-electron chi connectivity index (χ3n) is 4.64. The molecule has 2 fully saturated rings. The number of piperidine rings is 1. The molecule has 1 saturated heterocycles. The Morgan fingerprint density at radius 1 is 1.26 bits per heavy atom. The van der Waals surface area contributed by atoms with Crippen LogP contribution >= 0.6 is 0 Å². The highest BCUT2D eigenvalue weighted by Gasteiger charge is 2.29. The number of nitrogens with zero attached hydrogens (tertiary/aromatic N) is 1.